The second kappa shape index (κ2) is 8.03. The third-order valence-corrected chi connectivity index (χ3v) is 4.32. The van der Waals surface area contributed by atoms with Gasteiger partial charge in [-0.1, -0.05) is 0 Å². The molecule has 26 heavy (non-hydrogen) atoms. The number of amides is 1. The van der Waals surface area contributed by atoms with Crippen molar-refractivity contribution in [2.45, 2.75) is 47.2 Å². The van der Waals surface area contributed by atoms with Crippen LogP contribution < -0.4 is 0 Å². The molecule has 0 spiro atoms. The molecule has 2 aromatic rings. The molecule has 7 heteroatoms. The van der Waals surface area contributed by atoms with Crippen molar-refractivity contribution in [1.29, 1.82) is 0 Å². The number of hydrogen-bond acceptors (Lipinski definition) is 5. The lowest BCUT2D eigenvalue weighted by molar-refractivity contribution is -0.131. The van der Waals surface area contributed by atoms with Crippen molar-refractivity contribution in [3.8, 4) is 0 Å². The highest BCUT2D eigenvalue weighted by molar-refractivity contribution is 6.06. The van der Waals surface area contributed by atoms with E-state index in [0.717, 1.165) is 0 Å². The maximum Gasteiger partial charge on any atom is 0.355 e. The Labute approximate surface area is 152 Å². The fourth-order valence-electron chi connectivity index (χ4n) is 2.97. The summed E-state index contributed by atoms with van der Waals surface area (Å²) >= 11 is 0. The molecule has 0 saturated heterocycles. The Morgan fingerprint density at radius 3 is 2.54 bits per heavy atom. The quantitative estimate of drug-likeness (QED) is 0.605. The molecule has 0 radical (unpaired) electrons. The fourth-order valence-corrected chi connectivity index (χ4v) is 2.97. The molecule has 1 N–H and O–H groups in total. The van der Waals surface area contributed by atoms with E-state index >= 15 is 0 Å². The summed E-state index contributed by atoms with van der Waals surface area (Å²) in [4.78, 5) is 41.5. The van der Waals surface area contributed by atoms with E-state index in [0.29, 0.717) is 22.6 Å². The van der Waals surface area contributed by atoms with Crippen molar-refractivity contribution in [3.05, 3.63) is 46.7 Å². The maximum absolute atomic E-state index is 13.1. The van der Waals surface area contributed by atoms with Gasteiger partial charge in [-0.25, -0.2) is 4.79 Å². The first kappa shape index (κ1) is 19.5. The van der Waals surface area contributed by atoms with E-state index < -0.39 is 12.0 Å². The molecule has 0 bridgehead atoms. The number of furan rings is 1. The number of ether oxygens (including phenoxy) is 1. The molecule has 0 fully saturated rings. The van der Waals surface area contributed by atoms with E-state index in [1.807, 2.05) is 0 Å². The van der Waals surface area contributed by atoms with Crippen LogP contribution in [0.5, 0.6) is 0 Å². The van der Waals surface area contributed by atoms with Crippen LogP contribution in [0.15, 0.2) is 22.8 Å². The first-order valence-corrected chi connectivity index (χ1v) is 8.48. The number of aryl methyl sites for hydroxylation is 1. The summed E-state index contributed by atoms with van der Waals surface area (Å²) in [6, 6.07) is 2.77. The van der Waals surface area contributed by atoms with Gasteiger partial charge in [-0.05, 0) is 45.4 Å². The Kier molecular flexibility index (Phi) is 6.02. The van der Waals surface area contributed by atoms with Gasteiger partial charge in [0.2, 0.25) is 5.91 Å². The van der Waals surface area contributed by atoms with Crippen LogP contribution in [0.2, 0.25) is 0 Å². The topological polar surface area (TPSA) is 92.6 Å². The normalized spacial score (nSPS) is 11.9. The van der Waals surface area contributed by atoms with Crippen molar-refractivity contribution >= 4 is 17.7 Å². The minimum absolute atomic E-state index is 0.197. The van der Waals surface area contributed by atoms with Crippen molar-refractivity contribution in [2.24, 2.45) is 0 Å². The first-order valence-electron chi connectivity index (χ1n) is 8.48. The van der Waals surface area contributed by atoms with Crippen LogP contribution in [0, 0.1) is 13.8 Å². The Hall–Kier alpha value is -2.83. The highest BCUT2D eigenvalue weighted by atomic mass is 16.5. The zero-order chi connectivity index (χ0) is 19.4. The predicted molar refractivity (Wildman–Crippen MR) is 94.9 cm³/mol. The van der Waals surface area contributed by atoms with Gasteiger partial charge in [0.1, 0.15) is 11.5 Å². The molecule has 0 aliphatic rings. The number of Topliss-reactive ketones (excluding diaryl/α,β-unsaturated/α-hetero) is 1. The molecule has 0 aliphatic heterocycles. The molecule has 1 amide bonds. The number of nitrogens with one attached hydrogen (secondary N) is 1. The van der Waals surface area contributed by atoms with Gasteiger partial charge in [0.05, 0.1) is 25.5 Å². The van der Waals surface area contributed by atoms with Gasteiger partial charge >= 0.3 is 5.97 Å². The van der Waals surface area contributed by atoms with Crippen molar-refractivity contribution in [1.82, 2.24) is 9.88 Å². The van der Waals surface area contributed by atoms with E-state index in [1.54, 1.807) is 39.8 Å². The molecule has 1 atom stereocenters. The summed E-state index contributed by atoms with van der Waals surface area (Å²) in [6.45, 7) is 8.66. The molecule has 0 unspecified atom stereocenters. The summed E-state index contributed by atoms with van der Waals surface area (Å²) in [5.74, 6) is -0.388. The fraction of sp³-hybridized carbons (Fsp3) is 0.421. The van der Waals surface area contributed by atoms with E-state index in [4.69, 9.17) is 9.15 Å². The van der Waals surface area contributed by atoms with E-state index in [-0.39, 0.29) is 30.5 Å². The van der Waals surface area contributed by atoms with E-state index in [1.165, 1.54) is 18.1 Å². The zero-order valence-corrected chi connectivity index (χ0v) is 15.7. The molecule has 2 rings (SSSR count). The molecule has 7 nitrogen and oxygen atoms in total. The summed E-state index contributed by atoms with van der Waals surface area (Å²) in [7, 11) is 0. The second-order valence-corrected chi connectivity index (χ2v) is 6.11. The summed E-state index contributed by atoms with van der Waals surface area (Å²) in [5.41, 5.74) is 1.77. The minimum atomic E-state index is -0.708. The van der Waals surface area contributed by atoms with Crippen molar-refractivity contribution in [2.75, 3.05) is 6.61 Å². The average molecular weight is 360 g/mol. The highest BCUT2D eigenvalue weighted by Gasteiger charge is 2.30. The number of carbonyl (C=O) groups excluding carboxylic acids is 3. The van der Waals surface area contributed by atoms with Gasteiger partial charge < -0.3 is 19.0 Å². The smallest absolute Gasteiger partial charge is 0.355 e. The lowest BCUT2D eigenvalue weighted by Crippen LogP contribution is -2.41. The number of aromatic amines is 1. The zero-order valence-electron chi connectivity index (χ0n) is 15.7. The number of carbonyl (C=O) groups is 3. The SMILES string of the molecule is CCOC(=O)c1[nH]c(C)c(C(=O)[C@H](C)N(Cc2ccco2)C(C)=O)c1C. The van der Waals surface area contributed by atoms with Gasteiger partial charge in [-0.3, -0.25) is 9.59 Å². The van der Waals surface area contributed by atoms with Crippen LogP contribution in [-0.4, -0.2) is 40.2 Å². The number of rotatable bonds is 7. The van der Waals surface area contributed by atoms with Crippen LogP contribution in [0.25, 0.3) is 0 Å². The number of nitrogens with zero attached hydrogens (tertiary/aromatic N) is 1. The van der Waals surface area contributed by atoms with Crippen LogP contribution in [-0.2, 0) is 16.1 Å². The Bertz CT molecular complexity index is 804. The number of hydrogen-bond donors (Lipinski definition) is 1. The van der Waals surface area contributed by atoms with Crippen LogP contribution in [0.1, 0.15) is 58.6 Å². The van der Waals surface area contributed by atoms with Gasteiger partial charge in [-0.2, -0.15) is 0 Å². The first-order chi connectivity index (χ1) is 12.3. The molecular formula is C19H24N2O5. The Morgan fingerprint density at radius 1 is 1.31 bits per heavy atom. The summed E-state index contributed by atoms with van der Waals surface area (Å²) in [6.07, 6.45) is 1.52. The molecule has 0 aromatic carbocycles. The molecule has 2 heterocycles. The van der Waals surface area contributed by atoms with Gasteiger partial charge in [0.25, 0.3) is 0 Å². The van der Waals surface area contributed by atoms with Crippen molar-refractivity contribution in [3.63, 3.8) is 0 Å². The number of H-pyrrole nitrogens is 1. The summed E-state index contributed by atoms with van der Waals surface area (Å²) < 4.78 is 10.3. The van der Waals surface area contributed by atoms with E-state index in [2.05, 4.69) is 4.98 Å². The number of aromatic nitrogens is 1. The number of esters is 1. The lowest BCUT2D eigenvalue weighted by atomic mass is 9.99. The lowest BCUT2D eigenvalue weighted by Gasteiger charge is -2.26. The maximum atomic E-state index is 13.1. The monoisotopic (exact) mass is 360 g/mol. The molecule has 0 aliphatic carbocycles. The third-order valence-electron chi connectivity index (χ3n) is 4.32. The third kappa shape index (κ3) is 3.87. The van der Waals surface area contributed by atoms with Gasteiger partial charge in [0.15, 0.2) is 5.78 Å². The van der Waals surface area contributed by atoms with E-state index in [9.17, 15) is 14.4 Å². The molecule has 0 saturated carbocycles. The van der Waals surface area contributed by atoms with Crippen LogP contribution >= 0.6 is 0 Å². The second-order valence-electron chi connectivity index (χ2n) is 6.11. The minimum Gasteiger partial charge on any atom is -0.467 e. The standard InChI is InChI=1S/C19H24N2O5/c1-6-25-19(24)17-11(2)16(12(3)20-17)18(23)13(4)21(14(5)22)10-15-8-7-9-26-15/h7-9,13,20H,6,10H2,1-5H3/t13-/m0/s1. The van der Waals surface area contributed by atoms with Crippen LogP contribution in [0.4, 0.5) is 0 Å². The summed E-state index contributed by atoms with van der Waals surface area (Å²) in [5, 5.41) is 0. The van der Waals surface area contributed by atoms with Crippen LogP contribution in [0.3, 0.4) is 0 Å². The molecule has 140 valence electrons. The Balaban J connectivity index is 2.31. The average Bonchev–Trinajstić information content (AvgIpc) is 3.19. The van der Waals surface area contributed by atoms with Crippen molar-refractivity contribution < 1.29 is 23.5 Å². The largest absolute Gasteiger partial charge is 0.467 e. The van der Waals surface area contributed by atoms with Gasteiger partial charge in [-0.15, -0.1) is 0 Å². The number of ketones is 1. The molecular weight excluding hydrogens is 336 g/mol. The Morgan fingerprint density at radius 2 is 2.00 bits per heavy atom. The van der Waals surface area contributed by atoms with Gasteiger partial charge in [0, 0.05) is 18.2 Å². The highest BCUT2D eigenvalue weighted by Crippen LogP contribution is 2.23. The predicted octanol–water partition coefficient (Wildman–Crippen LogP) is 3.02. The molecule has 2 aromatic heterocycles.